The highest BCUT2D eigenvalue weighted by Crippen LogP contribution is 2.26. The Kier molecular flexibility index (Phi) is 46.8. The minimum Gasteiger partial charge on any atom is -0.457 e. The molecule has 4 N–H and O–H groups in total. The van der Waals surface area contributed by atoms with Gasteiger partial charge in [-0.1, -0.05) is 222 Å². The lowest BCUT2D eigenvalue weighted by Crippen LogP contribution is -2.60. The molecular weight excluding hydrogens is 933 g/mol. The Bertz CT molecular complexity index is 1480. The lowest BCUT2D eigenvalue weighted by molar-refractivity contribution is -0.301. The first-order valence-corrected chi connectivity index (χ1v) is 30.4. The van der Waals surface area contributed by atoms with Gasteiger partial charge in [0, 0.05) is 13.0 Å². The number of carbonyl (C=O) groups is 1. The van der Waals surface area contributed by atoms with Gasteiger partial charge < -0.3 is 34.3 Å². The van der Waals surface area contributed by atoms with Gasteiger partial charge >= 0.3 is 16.4 Å². The lowest BCUT2D eigenvalue weighted by atomic mass is 9.99. The van der Waals surface area contributed by atoms with Gasteiger partial charge in [-0.2, -0.15) is 8.42 Å². The van der Waals surface area contributed by atoms with Gasteiger partial charge in [0.15, 0.2) is 6.29 Å². The maximum atomic E-state index is 13.0. The number of carbonyl (C=O) groups excluding carboxylic acids is 1. The molecule has 0 aliphatic carbocycles. The first kappa shape index (κ1) is 67.8. The largest absolute Gasteiger partial charge is 0.457 e. The van der Waals surface area contributed by atoms with Crippen molar-refractivity contribution in [1.82, 2.24) is 0 Å². The quantitative estimate of drug-likeness (QED) is 0.0196. The number of rotatable bonds is 51. The Morgan fingerprint density at radius 3 is 1.42 bits per heavy atom. The summed E-state index contributed by atoms with van der Waals surface area (Å²) in [6, 6.07) is 0. The van der Waals surface area contributed by atoms with Crippen molar-refractivity contribution in [2.45, 2.75) is 282 Å². The van der Waals surface area contributed by atoms with Gasteiger partial charge in [-0.15, -0.1) is 0 Å². The smallest absolute Gasteiger partial charge is 0.397 e. The summed E-state index contributed by atoms with van der Waals surface area (Å²) in [5, 5.41) is 30.8. The van der Waals surface area contributed by atoms with Crippen LogP contribution in [0.3, 0.4) is 0 Å². The maximum Gasteiger partial charge on any atom is 0.397 e. The number of aliphatic hydroxyl groups excluding tert-OH is 3. The van der Waals surface area contributed by atoms with Crippen molar-refractivity contribution in [3.8, 4) is 0 Å². The van der Waals surface area contributed by atoms with E-state index in [0.717, 1.165) is 70.6 Å². The molecular formula is C59H106O12S. The number of ether oxygens (including phenoxy) is 4. The monoisotopic (exact) mass is 1040 g/mol. The zero-order chi connectivity index (χ0) is 52.4. The predicted molar refractivity (Wildman–Crippen MR) is 294 cm³/mol. The summed E-state index contributed by atoms with van der Waals surface area (Å²) in [6.07, 6.45) is 55.4. The van der Waals surface area contributed by atoms with E-state index in [0.29, 0.717) is 13.0 Å². The van der Waals surface area contributed by atoms with Gasteiger partial charge in [0.1, 0.15) is 30.5 Å². The Labute approximate surface area is 439 Å². The zero-order valence-electron chi connectivity index (χ0n) is 45.5. The molecule has 1 fully saturated rings. The van der Waals surface area contributed by atoms with E-state index >= 15 is 0 Å². The predicted octanol–water partition coefficient (Wildman–Crippen LogP) is 14.4. The van der Waals surface area contributed by atoms with Crippen LogP contribution in [-0.2, 0) is 38.3 Å². The summed E-state index contributed by atoms with van der Waals surface area (Å²) in [5.41, 5.74) is 0. The first-order valence-electron chi connectivity index (χ1n) is 29.0. The fourth-order valence-corrected chi connectivity index (χ4v) is 9.29. The Balaban J connectivity index is 2.30. The number of hydrogen-bond acceptors (Lipinski definition) is 11. The normalized spacial score (nSPS) is 19.3. The molecule has 0 bridgehead atoms. The molecule has 6 atom stereocenters. The van der Waals surface area contributed by atoms with Crippen LogP contribution in [0, 0.1) is 0 Å². The van der Waals surface area contributed by atoms with Crippen LogP contribution in [0.5, 0.6) is 0 Å². The maximum absolute atomic E-state index is 13.0. The molecule has 0 aromatic carbocycles. The number of esters is 1. The highest BCUT2D eigenvalue weighted by molar-refractivity contribution is 7.80. The summed E-state index contributed by atoms with van der Waals surface area (Å²) in [4.78, 5) is 13.0. The number of allylic oxidation sites excluding steroid dienone is 10. The van der Waals surface area contributed by atoms with E-state index in [2.05, 4.69) is 78.8 Å². The zero-order valence-corrected chi connectivity index (χ0v) is 46.3. The topological polar surface area (TPSA) is 178 Å². The highest BCUT2D eigenvalue weighted by atomic mass is 32.3. The Morgan fingerprint density at radius 2 is 0.958 bits per heavy atom. The van der Waals surface area contributed by atoms with Crippen LogP contribution in [0.4, 0.5) is 0 Å². The van der Waals surface area contributed by atoms with Crippen molar-refractivity contribution in [2.24, 2.45) is 0 Å². The summed E-state index contributed by atoms with van der Waals surface area (Å²) in [6.45, 7) is 3.90. The van der Waals surface area contributed by atoms with Crippen molar-refractivity contribution in [3.05, 3.63) is 60.8 Å². The fourth-order valence-electron chi connectivity index (χ4n) is 8.78. The van der Waals surface area contributed by atoms with Gasteiger partial charge in [-0.25, -0.2) is 4.18 Å². The lowest BCUT2D eigenvalue weighted by Gasteiger charge is -2.41. The molecule has 13 heteroatoms. The molecule has 0 spiro atoms. The van der Waals surface area contributed by atoms with Crippen molar-refractivity contribution >= 4 is 16.4 Å². The third kappa shape index (κ3) is 42.1. The van der Waals surface area contributed by atoms with Crippen LogP contribution in [0.2, 0.25) is 0 Å². The third-order valence-electron chi connectivity index (χ3n) is 13.1. The second-order valence-corrected chi connectivity index (χ2v) is 20.9. The summed E-state index contributed by atoms with van der Waals surface area (Å²) < 4.78 is 59.4. The summed E-state index contributed by atoms with van der Waals surface area (Å²) in [5.74, 6) is -0.401. The number of unbranched alkanes of at least 4 members (excludes halogenated alkanes) is 28. The number of hydrogen-bond donors (Lipinski definition) is 4. The van der Waals surface area contributed by atoms with Gasteiger partial charge in [0.05, 0.1) is 19.8 Å². The van der Waals surface area contributed by atoms with Gasteiger partial charge in [0.2, 0.25) is 0 Å². The molecule has 0 radical (unpaired) electrons. The van der Waals surface area contributed by atoms with Gasteiger partial charge in [0.25, 0.3) is 0 Å². The van der Waals surface area contributed by atoms with Crippen molar-refractivity contribution in [1.29, 1.82) is 0 Å². The van der Waals surface area contributed by atoms with Crippen LogP contribution in [0.25, 0.3) is 0 Å². The van der Waals surface area contributed by atoms with E-state index in [-0.39, 0.29) is 19.6 Å². The molecule has 1 rings (SSSR count). The SMILES string of the molecule is CC/C=C\C/C=C\C/C=C\C/C=C\CCCCCCCCCCCCCOCC(COC1OC(CO)C(O)C(OS(=O)(=O)O)C1O)OC(=O)CCCCCCCCCCC/C=C\CCCCCCCCCC. The van der Waals surface area contributed by atoms with Crippen molar-refractivity contribution in [2.75, 3.05) is 26.4 Å². The van der Waals surface area contributed by atoms with Crippen molar-refractivity contribution < 1.29 is 56.2 Å². The average molecular weight is 1040 g/mol. The van der Waals surface area contributed by atoms with E-state index in [1.165, 1.54) is 148 Å². The molecule has 0 aromatic rings. The van der Waals surface area contributed by atoms with Crippen molar-refractivity contribution in [3.63, 3.8) is 0 Å². The summed E-state index contributed by atoms with van der Waals surface area (Å²) >= 11 is 0. The Morgan fingerprint density at radius 1 is 0.542 bits per heavy atom. The molecule has 12 nitrogen and oxygen atoms in total. The second-order valence-electron chi connectivity index (χ2n) is 19.8. The highest BCUT2D eigenvalue weighted by Gasteiger charge is 2.48. The molecule has 1 aliphatic heterocycles. The van der Waals surface area contributed by atoms with E-state index in [1.807, 2.05) is 0 Å². The second kappa shape index (κ2) is 49.7. The van der Waals surface area contributed by atoms with E-state index in [4.69, 9.17) is 18.9 Å². The van der Waals surface area contributed by atoms with Crippen LogP contribution in [0.15, 0.2) is 60.8 Å². The van der Waals surface area contributed by atoms with Crippen LogP contribution in [-0.4, -0.2) is 97.5 Å². The summed E-state index contributed by atoms with van der Waals surface area (Å²) in [7, 11) is -5.07. The molecule has 420 valence electrons. The molecule has 1 heterocycles. The number of aliphatic hydroxyl groups is 3. The standard InChI is InChI=1S/C59H106O12S/c1-3-5-7-9-11-13-15-17-19-21-23-25-26-27-29-31-33-35-37-39-41-43-45-47-49-67-51-53(52-68-59-57(63)58(71-72(64,65)66)56(62)54(50-60)70-59)69-55(61)48-46-44-42-40-38-36-34-32-30-28-24-22-20-18-16-14-12-10-8-6-4-2/h5,7,11,13,17,19,22-25,53-54,56-60,62-63H,3-4,6,8-10,12,14-16,18,20-21,26-52H2,1-2H3,(H,64,65,66)/b7-5-,13-11-,19-17-,24-22-,25-23-. The van der Waals surface area contributed by atoms with Gasteiger partial charge in [-0.3, -0.25) is 9.35 Å². The van der Waals surface area contributed by atoms with Crippen LogP contribution < -0.4 is 0 Å². The first-order chi connectivity index (χ1) is 35.1. The molecule has 0 saturated carbocycles. The Hall–Kier alpha value is -2.20. The molecule has 72 heavy (non-hydrogen) atoms. The fraction of sp³-hybridized carbons (Fsp3) is 0.814. The molecule has 1 aliphatic rings. The van der Waals surface area contributed by atoms with Gasteiger partial charge in [-0.05, 0) is 77.0 Å². The van der Waals surface area contributed by atoms with E-state index in [9.17, 15) is 33.1 Å². The minimum absolute atomic E-state index is 0.0323. The molecule has 0 amide bonds. The van der Waals surface area contributed by atoms with E-state index in [1.54, 1.807) is 0 Å². The molecule has 6 unspecified atom stereocenters. The average Bonchev–Trinajstić information content (AvgIpc) is 3.36. The minimum atomic E-state index is -5.07. The van der Waals surface area contributed by atoms with Crippen LogP contribution >= 0.6 is 0 Å². The van der Waals surface area contributed by atoms with E-state index < -0.39 is 59.8 Å². The molecule has 0 aromatic heterocycles. The third-order valence-corrected chi connectivity index (χ3v) is 13.6. The van der Waals surface area contributed by atoms with Crippen LogP contribution in [0.1, 0.15) is 245 Å². The molecule has 1 saturated heterocycles.